The lowest BCUT2D eigenvalue weighted by Crippen LogP contribution is -2.38. The number of aromatic nitrogens is 2. The van der Waals surface area contributed by atoms with Crippen LogP contribution in [0.25, 0.3) is 0 Å². The highest BCUT2D eigenvalue weighted by atomic mass is 19.4. The molecule has 20 heavy (non-hydrogen) atoms. The molecule has 1 aromatic rings. The summed E-state index contributed by atoms with van der Waals surface area (Å²) < 4.78 is 37.7. The minimum Gasteiger partial charge on any atom is -0.395 e. The Balaban J connectivity index is 3.33. The summed E-state index contributed by atoms with van der Waals surface area (Å²) in [6.07, 6.45) is -4.47. The fourth-order valence-corrected chi connectivity index (χ4v) is 1.74. The van der Waals surface area contributed by atoms with Crippen molar-refractivity contribution in [2.24, 2.45) is 5.73 Å². The minimum atomic E-state index is -4.47. The number of nitrogens with one attached hydrogen (secondary N) is 1. The fraction of sp³-hybridized carbons (Fsp3) is 0.545. The van der Waals surface area contributed by atoms with Gasteiger partial charge in [0, 0.05) is 6.54 Å². The van der Waals surface area contributed by atoms with E-state index < -0.39 is 19.3 Å². The molecule has 4 N–H and O–H groups in total. The first-order valence-corrected chi connectivity index (χ1v) is 5.78. The van der Waals surface area contributed by atoms with E-state index in [1.165, 1.54) is 0 Å². The SMILES string of the molecule is Cc1nnc(N(CCO)CC(F)(F)F)c(C(=N)N)c1C. The van der Waals surface area contributed by atoms with Gasteiger partial charge in [0.05, 0.1) is 17.9 Å². The quantitative estimate of drug-likeness (QED) is 0.549. The van der Waals surface area contributed by atoms with E-state index in [0.717, 1.165) is 4.90 Å². The minimum absolute atomic E-state index is 0.107. The van der Waals surface area contributed by atoms with Gasteiger partial charge in [-0.3, -0.25) is 5.41 Å². The van der Waals surface area contributed by atoms with Crippen molar-refractivity contribution in [2.45, 2.75) is 20.0 Å². The Labute approximate surface area is 113 Å². The smallest absolute Gasteiger partial charge is 0.395 e. The average Bonchev–Trinajstić information content (AvgIpc) is 2.29. The molecule has 0 amide bonds. The first-order valence-electron chi connectivity index (χ1n) is 5.78. The largest absolute Gasteiger partial charge is 0.405 e. The molecule has 0 fully saturated rings. The highest BCUT2D eigenvalue weighted by Gasteiger charge is 2.33. The van der Waals surface area contributed by atoms with Crippen LogP contribution in [0.15, 0.2) is 0 Å². The van der Waals surface area contributed by atoms with E-state index in [-0.39, 0.29) is 23.8 Å². The predicted octanol–water partition coefficient (Wildman–Crippen LogP) is 0.739. The van der Waals surface area contributed by atoms with Crippen LogP contribution in [-0.4, -0.2) is 47.0 Å². The first kappa shape index (κ1) is 16.2. The average molecular weight is 291 g/mol. The van der Waals surface area contributed by atoms with Crippen LogP contribution < -0.4 is 10.6 Å². The Hall–Kier alpha value is -1.90. The second kappa shape index (κ2) is 6.04. The molecule has 0 saturated heterocycles. The molecule has 0 aliphatic heterocycles. The molecule has 0 unspecified atom stereocenters. The maximum Gasteiger partial charge on any atom is 0.405 e. The molecule has 1 heterocycles. The molecule has 0 aliphatic rings. The van der Waals surface area contributed by atoms with E-state index >= 15 is 0 Å². The molecular weight excluding hydrogens is 275 g/mol. The second-order valence-corrected chi connectivity index (χ2v) is 4.28. The Morgan fingerprint density at radius 3 is 2.40 bits per heavy atom. The maximum atomic E-state index is 12.6. The molecule has 0 spiro atoms. The van der Waals surface area contributed by atoms with Gasteiger partial charge >= 0.3 is 6.18 Å². The Kier molecular flexibility index (Phi) is 4.88. The Morgan fingerprint density at radius 2 is 1.95 bits per heavy atom. The Morgan fingerprint density at radius 1 is 1.35 bits per heavy atom. The number of halogens is 3. The fourth-order valence-electron chi connectivity index (χ4n) is 1.74. The molecule has 1 rings (SSSR count). The lowest BCUT2D eigenvalue weighted by atomic mass is 10.1. The lowest BCUT2D eigenvalue weighted by Gasteiger charge is -2.26. The van der Waals surface area contributed by atoms with E-state index in [2.05, 4.69) is 10.2 Å². The van der Waals surface area contributed by atoms with Crippen molar-refractivity contribution in [3.63, 3.8) is 0 Å². The standard InChI is InChI=1S/C11H16F3N5O/c1-6-7(2)17-18-10(8(6)9(15)16)19(3-4-20)5-11(12,13)14/h20H,3-5H2,1-2H3,(H3,15,16). The molecule has 6 nitrogen and oxygen atoms in total. The van der Waals surface area contributed by atoms with Crippen molar-refractivity contribution in [2.75, 3.05) is 24.6 Å². The van der Waals surface area contributed by atoms with Gasteiger partial charge in [-0.05, 0) is 19.4 Å². The zero-order chi connectivity index (χ0) is 15.5. The maximum absolute atomic E-state index is 12.6. The molecule has 0 saturated carbocycles. The van der Waals surface area contributed by atoms with E-state index in [9.17, 15) is 13.2 Å². The molecule has 0 radical (unpaired) electrons. The third-order valence-electron chi connectivity index (χ3n) is 2.74. The number of rotatable bonds is 5. The van der Waals surface area contributed by atoms with Crippen LogP contribution in [0.3, 0.4) is 0 Å². The number of alkyl halides is 3. The van der Waals surface area contributed by atoms with Crippen molar-refractivity contribution in [1.82, 2.24) is 10.2 Å². The molecule has 0 bridgehead atoms. The summed E-state index contributed by atoms with van der Waals surface area (Å²) in [6, 6.07) is 0. The van der Waals surface area contributed by atoms with Gasteiger partial charge in [0.25, 0.3) is 0 Å². The molecule has 112 valence electrons. The second-order valence-electron chi connectivity index (χ2n) is 4.28. The van der Waals surface area contributed by atoms with Gasteiger partial charge in [0.15, 0.2) is 5.82 Å². The summed E-state index contributed by atoms with van der Waals surface area (Å²) in [5.74, 6) is -0.535. The number of nitrogen functional groups attached to an aromatic ring is 1. The van der Waals surface area contributed by atoms with Gasteiger partial charge in [-0.1, -0.05) is 0 Å². The number of anilines is 1. The van der Waals surface area contributed by atoms with Crippen LogP contribution in [0.4, 0.5) is 19.0 Å². The van der Waals surface area contributed by atoms with E-state index in [1.807, 2.05) is 0 Å². The molecule has 0 aromatic carbocycles. The van der Waals surface area contributed by atoms with Crippen LogP contribution in [0.5, 0.6) is 0 Å². The summed E-state index contributed by atoms with van der Waals surface area (Å²) >= 11 is 0. The van der Waals surface area contributed by atoms with Crippen molar-refractivity contribution >= 4 is 11.7 Å². The van der Waals surface area contributed by atoms with Gasteiger partial charge in [-0.2, -0.15) is 18.3 Å². The summed E-state index contributed by atoms with van der Waals surface area (Å²) in [7, 11) is 0. The number of nitrogens with zero attached hydrogens (tertiary/aromatic N) is 3. The summed E-state index contributed by atoms with van der Waals surface area (Å²) in [6.45, 7) is 1.16. The van der Waals surface area contributed by atoms with E-state index in [0.29, 0.717) is 11.3 Å². The molecule has 9 heteroatoms. The van der Waals surface area contributed by atoms with Crippen molar-refractivity contribution in [3.8, 4) is 0 Å². The summed E-state index contributed by atoms with van der Waals surface area (Å²) in [4.78, 5) is 0.816. The normalized spacial score (nSPS) is 11.5. The van der Waals surface area contributed by atoms with Gasteiger partial charge in [0.1, 0.15) is 12.4 Å². The molecule has 1 aromatic heterocycles. The van der Waals surface area contributed by atoms with Crippen LogP contribution in [0.1, 0.15) is 16.8 Å². The topological polar surface area (TPSA) is 99.1 Å². The number of amidine groups is 1. The van der Waals surface area contributed by atoms with Gasteiger partial charge < -0.3 is 15.7 Å². The predicted molar refractivity (Wildman–Crippen MR) is 67.9 cm³/mol. The third-order valence-corrected chi connectivity index (χ3v) is 2.74. The van der Waals surface area contributed by atoms with Crippen LogP contribution in [0, 0.1) is 19.3 Å². The Bertz CT molecular complexity index is 504. The van der Waals surface area contributed by atoms with Gasteiger partial charge in [0.2, 0.25) is 0 Å². The summed E-state index contributed by atoms with van der Waals surface area (Å²) in [5.41, 5.74) is 6.51. The number of aliphatic hydroxyl groups excluding tert-OH is 1. The van der Waals surface area contributed by atoms with E-state index in [4.69, 9.17) is 16.2 Å². The monoisotopic (exact) mass is 291 g/mol. The van der Waals surface area contributed by atoms with Crippen LogP contribution >= 0.6 is 0 Å². The highest BCUT2D eigenvalue weighted by Crippen LogP contribution is 2.25. The molecular formula is C11H16F3N5O. The molecule has 0 atom stereocenters. The number of aryl methyl sites for hydroxylation is 1. The van der Waals surface area contributed by atoms with Crippen LogP contribution in [0.2, 0.25) is 0 Å². The lowest BCUT2D eigenvalue weighted by molar-refractivity contribution is -0.120. The zero-order valence-corrected chi connectivity index (χ0v) is 11.1. The van der Waals surface area contributed by atoms with Crippen LogP contribution in [-0.2, 0) is 0 Å². The van der Waals surface area contributed by atoms with Gasteiger partial charge in [-0.15, -0.1) is 5.10 Å². The van der Waals surface area contributed by atoms with Crippen molar-refractivity contribution in [3.05, 3.63) is 16.8 Å². The number of nitrogens with two attached hydrogens (primary N) is 1. The number of hydrogen-bond acceptors (Lipinski definition) is 5. The zero-order valence-electron chi connectivity index (χ0n) is 11.1. The van der Waals surface area contributed by atoms with Crippen molar-refractivity contribution in [1.29, 1.82) is 5.41 Å². The molecule has 0 aliphatic carbocycles. The number of aliphatic hydroxyl groups is 1. The van der Waals surface area contributed by atoms with E-state index in [1.54, 1.807) is 13.8 Å². The summed E-state index contributed by atoms with van der Waals surface area (Å²) in [5, 5.41) is 23.9. The van der Waals surface area contributed by atoms with Gasteiger partial charge in [-0.25, -0.2) is 0 Å². The number of hydrogen-bond donors (Lipinski definition) is 3. The first-order chi connectivity index (χ1) is 9.17. The van der Waals surface area contributed by atoms with Crippen molar-refractivity contribution < 1.29 is 18.3 Å². The highest BCUT2D eigenvalue weighted by molar-refractivity contribution is 6.01. The third kappa shape index (κ3) is 3.80.